The largest absolute Gasteiger partial charge is 0.315 e. The van der Waals surface area contributed by atoms with Crippen LogP contribution in [0.2, 0.25) is 0 Å². The molecule has 0 aliphatic rings. The van der Waals surface area contributed by atoms with Gasteiger partial charge in [-0.25, -0.2) is 0 Å². The Morgan fingerprint density at radius 1 is 1.22 bits per heavy atom. The van der Waals surface area contributed by atoms with Crippen molar-refractivity contribution in [3.8, 4) is 0 Å². The third-order valence-corrected chi connectivity index (χ3v) is 3.15. The minimum atomic E-state index is 0.0717. The maximum atomic E-state index is 11.4. The summed E-state index contributed by atoms with van der Waals surface area (Å²) < 4.78 is 1.73. The Labute approximate surface area is 110 Å². The van der Waals surface area contributed by atoms with Gasteiger partial charge < -0.3 is 14.8 Å². The fraction of sp³-hybridized carbons (Fsp3) is 0.643. The SMILES string of the molecule is CCN(CC)CCCNCCn1ccccc1=O. The van der Waals surface area contributed by atoms with Gasteiger partial charge in [0.1, 0.15) is 0 Å². The Morgan fingerprint density at radius 2 is 2.00 bits per heavy atom. The molecular formula is C14H25N3O. The molecule has 0 unspecified atom stereocenters. The number of nitrogens with one attached hydrogen (secondary N) is 1. The summed E-state index contributed by atoms with van der Waals surface area (Å²) in [7, 11) is 0. The van der Waals surface area contributed by atoms with Gasteiger partial charge in [0.15, 0.2) is 0 Å². The Bertz CT molecular complexity index is 371. The van der Waals surface area contributed by atoms with Crippen molar-refractivity contribution in [2.45, 2.75) is 26.8 Å². The van der Waals surface area contributed by atoms with Crippen molar-refractivity contribution in [3.05, 3.63) is 34.7 Å². The molecule has 0 aliphatic heterocycles. The molecule has 0 bridgehead atoms. The van der Waals surface area contributed by atoms with Gasteiger partial charge in [0.2, 0.25) is 0 Å². The van der Waals surface area contributed by atoms with Crippen LogP contribution in [0.25, 0.3) is 0 Å². The highest BCUT2D eigenvalue weighted by Crippen LogP contribution is 1.89. The van der Waals surface area contributed by atoms with Gasteiger partial charge >= 0.3 is 0 Å². The maximum Gasteiger partial charge on any atom is 0.250 e. The second kappa shape index (κ2) is 8.89. The van der Waals surface area contributed by atoms with E-state index >= 15 is 0 Å². The zero-order valence-electron chi connectivity index (χ0n) is 11.6. The lowest BCUT2D eigenvalue weighted by atomic mass is 10.3. The number of aromatic nitrogens is 1. The minimum Gasteiger partial charge on any atom is -0.315 e. The fourth-order valence-corrected chi connectivity index (χ4v) is 1.94. The second-order valence-corrected chi connectivity index (χ2v) is 4.36. The van der Waals surface area contributed by atoms with Crippen LogP contribution in [0.5, 0.6) is 0 Å². The van der Waals surface area contributed by atoms with Crippen molar-refractivity contribution >= 4 is 0 Å². The van der Waals surface area contributed by atoms with Crippen LogP contribution >= 0.6 is 0 Å². The number of hydrogen-bond donors (Lipinski definition) is 1. The molecule has 0 spiro atoms. The molecule has 0 aliphatic carbocycles. The van der Waals surface area contributed by atoms with E-state index in [1.165, 1.54) is 0 Å². The summed E-state index contributed by atoms with van der Waals surface area (Å²) >= 11 is 0. The molecule has 1 heterocycles. The smallest absolute Gasteiger partial charge is 0.250 e. The van der Waals surface area contributed by atoms with Crippen LogP contribution in [0, 0.1) is 0 Å². The van der Waals surface area contributed by atoms with E-state index in [4.69, 9.17) is 0 Å². The highest BCUT2D eigenvalue weighted by molar-refractivity contribution is 4.93. The molecule has 0 saturated heterocycles. The van der Waals surface area contributed by atoms with Crippen molar-refractivity contribution in [1.29, 1.82) is 0 Å². The van der Waals surface area contributed by atoms with Crippen LogP contribution in [-0.2, 0) is 6.54 Å². The van der Waals surface area contributed by atoms with E-state index in [1.807, 2.05) is 12.3 Å². The van der Waals surface area contributed by atoms with E-state index in [0.29, 0.717) is 0 Å². The van der Waals surface area contributed by atoms with Crippen molar-refractivity contribution in [2.24, 2.45) is 0 Å². The molecule has 1 N–H and O–H groups in total. The molecule has 18 heavy (non-hydrogen) atoms. The minimum absolute atomic E-state index is 0.0717. The first-order chi connectivity index (χ1) is 8.77. The van der Waals surface area contributed by atoms with Gasteiger partial charge in [-0.3, -0.25) is 4.79 Å². The standard InChI is InChI=1S/C14H25N3O/c1-3-16(4-2)11-7-9-15-10-13-17-12-6-5-8-14(17)18/h5-6,8,12,15H,3-4,7,9-11,13H2,1-2H3. The van der Waals surface area contributed by atoms with Crippen molar-refractivity contribution < 1.29 is 0 Å². The van der Waals surface area contributed by atoms with Crippen LogP contribution in [0.3, 0.4) is 0 Å². The highest BCUT2D eigenvalue weighted by Gasteiger charge is 1.98. The third kappa shape index (κ3) is 5.47. The van der Waals surface area contributed by atoms with E-state index in [2.05, 4.69) is 24.1 Å². The molecule has 0 radical (unpaired) electrons. The average Bonchev–Trinajstić information content (AvgIpc) is 2.40. The van der Waals surface area contributed by atoms with Gasteiger partial charge in [0.05, 0.1) is 0 Å². The molecule has 0 atom stereocenters. The summed E-state index contributed by atoms with van der Waals surface area (Å²) in [6.07, 6.45) is 2.99. The van der Waals surface area contributed by atoms with E-state index < -0.39 is 0 Å². The summed E-state index contributed by atoms with van der Waals surface area (Å²) in [5.41, 5.74) is 0.0717. The predicted molar refractivity (Wildman–Crippen MR) is 76.0 cm³/mol. The summed E-state index contributed by atoms with van der Waals surface area (Å²) in [4.78, 5) is 13.9. The van der Waals surface area contributed by atoms with Crippen molar-refractivity contribution in [2.75, 3.05) is 32.7 Å². The average molecular weight is 251 g/mol. The Kier molecular flexibility index (Phi) is 7.37. The molecule has 1 rings (SSSR count). The number of nitrogens with zero attached hydrogens (tertiary/aromatic N) is 2. The second-order valence-electron chi connectivity index (χ2n) is 4.36. The first-order valence-electron chi connectivity index (χ1n) is 6.86. The number of pyridine rings is 1. The number of rotatable bonds is 9. The van der Waals surface area contributed by atoms with Crippen LogP contribution in [0.15, 0.2) is 29.2 Å². The summed E-state index contributed by atoms with van der Waals surface area (Å²) in [6, 6.07) is 5.26. The maximum absolute atomic E-state index is 11.4. The van der Waals surface area contributed by atoms with Gasteiger partial charge in [0, 0.05) is 25.4 Å². The lowest BCUT2D eigenvalue weighted by Crippen LogP contribution is -2.29. The number of hydrogen-bond acceptors (Lipinski definition) is 3. The van der Waals surface area contributed by atoms with Crippen LogP contribution in [0.1, 0.15) is 20.3 Å². The Hall–Kier alpha value is -1.13. The summed E-state index contributed by atoms with van der Waals surface area (Å²) in [5, 5.41) is 3.38. The quantitative estimate of drug-likeness (QED) is 0.669. The van der Waals surface area contributed by atoms with Gasteiger partial charge in [-0.15, -0.1) is 0 Å². The lowest BCUT2D eigenvalue weighted by Gasteiger charge is -2.17. The summed E-state index contributed by atoms with van der Waals surface area (Å²) in [6.45, 7) is 10.4. The van der Waals surface area contributed by atoms with Crippen LogP contribution in [0.4, 0.5) is 0 Å². The van der Waals surface area contributed by atoms with Crippen molar-refractivity contribution in [1.82, 2.24) is 14.8 Å². The van der Waals surface area contributed by atoms with E-state index in [9.17, 15) is 4.79 Å². The molecule has 4 nitrogen and oxygen atoms in total. The molecule has 0 amide bonds. The molecule has 0 fully saturated rings. The molecule has 1 aromatic rings. The normalized spacial score (nSPS) is 11.1. The molecule has 1 aromatic heterocycles. The predicted octanol–water partition coefficient (Wildman–Crippen LogP) is 1.17. The topological polar surface area (TPSA) is 37.3 Å². The molecule has 102 valence electrons. The van der Waals surface area contributed by atoms with E-state index in [-0.39, 0.29) is 5.56 Å². The van der Waals surface area contributed by atoms with Crippen LogP contribution in [-0.4, -0.2) is 42.2 Å². The van der Waals surface area contributed by atoms with Gasteiger partial charge in [0.25, 0.3) is 5.56 Å². The molecular weight excluding hydrogens is 226 g/mol. The monoisotopic (exact) mass is 251 g/mol. The first kappa shape index (κ1) is 14.9. The summed E-state index contributed by atoms with van der Waals surface area (Å²) in [5.74, 6) is 0. The first-order valence-corrected chi connectivity index (χ1v) is 6.86. The molecule has 4 heteroatoms. The fourth-order valence-electron chi connectivity index (χ4n) is 1.94. The third-order valence-electron chi connectivity index (χ3n) is 3.15. The molecule has 0 aromatic carbocycles. The van der Waals surface area contributed by atoms with E-state index in [1.54, 1.807) is 16.7 Å². The van der Waals surface area contributed by atoms with E-state index in [0.717, 1.165) is 45.7 Å². The van der Waals surface area contributed by atoms with Crippen LogP contribution < -0.4 is 10.9 Å². The van der Waals surface area contributed by atoms with Crippen molar-refractivity contribution in [3.63, 3.8) is 0 Å². The zero-order chi connectivity index (χ0) is 13.2. The molecule has 0 saturated carbocycles. The lowest BCUT2D eigenvalue weighted by molar-refractivity contribution is 0.298. The zero-order valence-corrected chi connectivity index (χ0v) is 11.6. The van der Waals surface area contributed by atoms with Gasteiger partial charge in [-0.05, 0) is 38.7 Å². The highest BCUT2D eigenvalue weighted by atomic mass is 16.1. The van der Waals surface area contributed by atoms with Gasteiger partial charge in [-0.1, -0.05) is 19.9 Å². The Morgan fingerprint density at radius 3 is 2.67 bits per heavy atom. The Balaban J connectivity index is 2.09. The van der Waals surface area contributed by atoms with Gasteiger partial charge in [-0.2, -0.15) is 0 Å².